The molecule has 1 saturated heterocycles. The fourth-order valence-electron chi connectivity index (χ4n) is 3.38. The molecule has 3 N–H and O–H groups in total. The Balaban J connectivity index is 2.27. The lowest BCUT2D eigenvalue weighted by Crippen LogP contribution is -2.72. The van der Waals surface area contributed by atoms with E-state index in [1.807, 2.05) is 5.32 Å². The predicted octanol–water partition coefficient (Wildman–Crippen LogP) is 2.70. The fraction of sp³-hybridized carbons (Fsp3) is 0.278. The Morgan fingerprint density at radius 3 is 2.55 bits per heavy atom. The van der Waals surface area contributed by atoms with E-state index in [-0.39, 0.29) is 0 Å². The standard InChI is InChI=1S/C18H13F5N4O6/c19-15(20)33-11-4-3-9(27(31)32)6-10(11)13-12(14(28)8-2-1-5-24-7-8)17(30,18(21,22)23)26-16(29)25-13/h1-7,12-13,15,30H,(H2,25,26,29)/t12-,13+,17-/m0/s1. The van der Waals surface area contributed by atoms with Gasteiger partial charge in [-0.1, -0.05) is 0 Å². The second-order valence-corrected chi connectivity index (χ2v) is 6.78. The van der Waals surface area contributed by atoms with Gasteiger partial charge >= 0.3 is 18.8 Å². The van der Waals surface area contributed by atoms with Gasteiger partial charge in [-0.15, -0.1) is 0 Å². The molecule has 1 aliphatic rings. The number of ketones is 1. The van der Waals surface area contributed by atoms with Crippen molar-refractivity contribution in [1.29, 1.82) is 0 Å². The van der Waals surface area contributed by atoms with Gasteiger partial charge in [-0.2, -0.15) is 22.0 Å². The normalized spacial score (nSPS) is 22.9. The number of alkyl halides is 5. The summed E-state index contributed by atoms with van der Waals surface area (Å²) in [7, 11) is 0. The first kappa shape index (κ1) is 23.8. The third-order valence-electron chi connectivity index (χ3n) is 4.79. The monoisotopic (exact) mass is 476 g/mol. The molecule has 0 aliphatic carbocycles. The molecule has 3 atom stereocenters. The van der Waals surface area contributed by atoms with Crippen LogP contribution in [0.4, 0.5) is 32.4 Å². The number of halogens is 5. The van der Waals surface area contributed by atoms with Crippen LogP contribution in [0.1, 0.15) is 22.0 Å². The molecule has 2 heterocycles. The summed E-state index contributed by atoms with van der Waals surface area (Å²) in [4.78, 5) is 38.9. The van der Waals surface area contributed by atoms with Crippen molar-refractivity contribution in [3.63, 3.8) is 0 Å². The van der Waals surface area contributed by atoms with Crippen molar-refractivity contribution in [2.75, 3.05) is 0 Å². The van der Waals surface area contributed by atoms with Gasteiger partial charge in [-0.25, -0.2) is 4.79 Å². The number of ether oxygens (including phenoxy) is 1. The van der Waals surface area contributed by atoms with Crippen LogP contribution in [0.25, 0.3) is 0 Å². The molecule has 0 radical (unpaired) electrons. The zero-order valence-corrected chi connectivity index (χ0v) is 16.0. The number of pyridine rings is 1. The Morgan fingerprint density at radius 2 is 2.00 bits per heavy atom. The molecular weight excluding hydrogens is 463 g/mol. The summed E-state index contributed by atoms with van der Waals surface area (Å²) in [5.41, 5.74) is -6.12. The number of Topliss-reactive ketones (excluding diaryl/α,β-unsaturated/α-hetero) is 1. The summed E-state index contributed by atoms with van der Waals surface area (Å²) in [6.45, 7) is -3.50. The van der Waals surface area contributed by atoms with Crippen molar-refractivity contribution < 1.29 is 46.3 Å². The molecule has 1 aliphatic heterocycles. The van der Waals surface area contributed by atoms with Crippen LogP contribution in [0.5, 0.6) is 5.75 Å². The van der Waals surface area contributed by atoms with E-state index in [1.54, 1.807) is 0 Å². The Kier molecular flexibility index (Phi) is 6.18. The quantitative estimate of drug-likeness (QED) is 0.252. The first-order valence-corrected chi connectivity index (χ1v) is 8.90. The van der Waals surface area contributed by atoms with Crippen LogP contribution in [0, 0.1) is 16.0 Å². The lowest BCUT2D eigenvalue weighted by molar-refractivity contribution is -0.385. The molecule has 3 rings (SSSR count). The third kappa shape index (κ3) is 4.52. The zero-order chi connectivity index (χ0) is 24.6. The van der Waals surface area contributed by atoms with Crippen LogP contribution in [0.3, 0.4) is 0 Å². The third-order valence-corrected chi connectivity index (χ3v) is 4.79. The van der Waals surface area contributed by atoms with Gasteiger partial charge in [0.2, 0.25) is 5.72 Å². The summed E-state index contributed by atoms with van der Waals surface area (Å²) in [6.07, 6.45) is -3.53. The number of carbonyl (C=O) groups is 2. The van der Waals surface area contributed by atoms with E-state index in [0.29, 0.717) is 12.1 Å². The average molecular weight is 476 g/mol. The number of non-ortho nitro benzene ring substituents is 1. The number of nitrogens with zero attached hydrogens (tertiary/aromatic N) is 2. The van der Waals surface area contributed by atoms with Gasteiger partial charge in [0.25, 0.3) is 5.69 Å². The highest BCUT2D eigenvalue weighted by molar-refractivity contribution is 6.00. The number of nitro groups is 1. The van der Waals surface area contributed by atoms with Crippen LogP contribution in [0.15, 0.2) is 42.7 Å². The van der Waals surface area contributed by atoms with Crippen molar-refractivity contribution in [3.8, 4) is 5.75 Å². The van der Waals surface area contributed by atoms with Gasteiger partial charge < -0.3 is 20.5 Å². The Hall–Kier alpha value is -3.88. The molecule has 0 unspecified atom stereocenters. The summed E-state index contributed by atoms with van der Waals surface area (Å²) in [5.74, 6) is -4.87. The highest BCUT2D eigenvalue weighted by atomic mass is 19.4. The van der Waals surface area contributed by atoms with Crippen molar-refractivity contribution in [3.05, 3.63) is 64.0 Å². The van der Waals surface area contributed by atoms with Gasteiger partial charge in [0.05, 0.1) is 11.0 Å². The molecule has 0 bridgehead atoms. The molecule has 1 aromatic heterocycles. The minimum absolute atomic E-state index is 0.421. The van der Waals surface area contributed by atoms with Gasteiger partial charge in [-0.3, -0.25) is 19.9 Å². The van der Waals surface area contributed by atoms with E-state index >= 15 is 0 Å². The largest absolute Gasteiger partial charge is 0.437 e. The van der Waals surface area contributed by atoms with Crippen molar-refractivity contribution in [2.45, 2.75) is 24.6 Å². The second kappa shape index (κ2) is 8.57. The molecule has 1 aromatic carbocycles. The van der Waals surface area contributed by atoms with Crippen molar-refractivity contribution >= 4 is 17.5 Å². The number of carbonyl (C=O) groups excluding carboxylic acids is 2. The number of amides is 2. The van der Waals surface area contributed by atoms with Crippen LogP contribution in [-0.2, 0) is 0 Å². The van der Waals surface area contributed by atoms with Crippen LogP contribution in [-0.4, -0.2) is 45.3 Å². The number of hydrogen-bond acceptors (Lipinski definition) is 7. The molecule has 1 fully saturated rings. The summed E-state index contributed by atoms with van der Waals surface area (Å²) in [5, 5.41) is 24.9. The molecule has 33 heavy (non-hydrogen) atoms. The number of urea groups is 1. The number of aromatic nitrogens is 1. The smallest absolute Gasteiger partial charge is 0.434 e. The van der Waals surface area contributed by atoms with Gasteiger partial charge in [0.15, 0.2) is 5.78 Å². The minimum atomic E-state index is -5.63. The molecule has 2 amide bonds. The van der Waals surface area contributed by atoms with Crippen LogP contribution >= 0.6 is 0 Å². The van der Waals surface area contributed by atoms with Crippen molar-refractivity contribution in [2.24, 2.45) is 5.92 Å². The molecule has 176 valence electrons. The highest BCUT2D eigenvalue weighted by Gasteiger charge is 2.66. The predicted molar refractivity (Wildman–Crippen MR) is 97.2 cm³/mol. The molecule has 10 nitrogen and oxygen atoms in total. The summed E-state index contributed by atoms with van der Waals surface area (Å²) < 4.78 is 71.8. The fourth-order valence-corrected chi connectivity index (χ4v) is 3.38. The van der Waals surface area contributed by atoms with E-state index in [0.717, 1.165) is 18.3 Å². The number of nitro benzene ring substituents is 1. The maximum Gasteiger partial charge on any atom is 0.437 e. The molecule has 15 heteroatoms. The number of aliphatic hydroxyl groups is 1. The number of rotatable bonds is 6. The van der Waals surface area contributed by atoms with E-state index in [4.69, 9.17) is 0 Å². The first-order chi connectivity index (χ1) is 15.3. The highest BCUT2D eigenvalue weighted by Crippen LogP contribution is 2.46. The van der Waals surface area contributed by atoms with E-state index < -0.39 is 69.8 Å². The van der Waals surface area contributed by atoms with E-state index in [1.165, 1.54) is 17.6 Å². The molecule has 2 aromatic rings. The number of hydrogen-bond donors (Lipinski definition) is 3. The molecule has 0 saturated carbocycles. The van der Waals surface area contributed by atoms with Crippen LogP contribution in [0.2, 0.25) is 0 Å². The first-order valence-electron chi connectivity index (χ1n) is 8.90. The van der Waals surface area contributed by atoms with E-state index in [9.17, 15) is 46.8 Å². The van der Waals surface area contributed by atoms with Crippen molar-refractivity contribution in [1.82, 2.24) is 15.6 Å². The van der Waals surface area contributed by atoms with Crippen LogP contribution < -0.4 is 15.4 Å². The summed E-state index contributed by atoms with van der Waals surface area (Å²) >= 11 is 0. The topological polar surface area (TPSA) is 144 Å². The van der Waals surface area contributed by atoms with Gasteiger partial charge in [0.1, 0.15) is 11.7 Å². The second-order valence-electron chi connectivity index (χ2n) is 6.78. The summed E-state index contributed by atoms with van der Waals surface area (Å²) in [6, 6.07) is 0.459. The minimum Gasteiger partial charge on any atom is -0.434 e. The maximum atomic E-state index is 13.9. The Morgan fingerprint density at radius 1 is 1.30 bits per heavy atom. The average Bonchev–Trinajstić information content (AvgIpc) is 2.72. The maximum absolute atomic E-state index is 13.9. The molecular formula is C18H13F5N4O6. The number of nitrogens with one attached hydrogen (secondary N) is 2. The van der Waals surface area contributed by atoms with Gasteiger partial charge in [-0.05, 0) is 18.2 Å². The Bertz CT molecular complexity index is 1080. The van der Waals surface area contributed by atoms with Gasteiger partial charge in [0, 0.05) is 35.7 Å². The number of benzene rings is 1. The zero-order valence-electron chi connectivity index (χ0n) is 16.0. The lowest BCUT2D eigenvalue weighted by Gasteiger charge is -2.45. The SMILES string of the molecule is O=C1N[C@H](c2cc([N+](=O)[O-])ccc2OC(F)F)[C@@H](C(=O)c2cccnc2)[C@](O)(C(F)(F)F)N1. The van der Waals surface area contributed by atoms with E-state index in [2.05, 4.69) is 9.72 Å². The molecule has 0 spiro atoms. The Labute approximate surface area is 180 Å². The lowest BCUT2D eigenvalue weighted by atomic mass is 9.77.